The lowest BCUT2D eigenvalue weighted by molar-refractivity contribution is -0.402. The first-order chi connectivity index (χ1) is 19.5. The van der Waals surface area contributed by atoms with Crippen LogP contribution in [-0.4, -0.2) is 33.3 Å². The van der Waals surface area contributed by atoms with E-state index in [0.29, 0.717) is 37.2 Å². The van der Waals surface area contributed by atoms with Crippen LogP contribution in [-0.2, 0) is 0 Å². The molecule has 1 unspecified atom stereocenters. The summed E-state index contributed by atoms with van der Waals surface area (Å²) in [6.45, 7) is 0.342. The number of furan rings is 1. The Hall–Kier alpha value is -5.25. The van der Waals surface area contributed by atoms with E-state index in [1.54, 1.807) is 0 Å². The van der Waals surface area contributed by atoms with Crippen molar-refractivity contribution in [2.24, 2.45) is 0 Å². The minimum Gasteiger partial charge on any atom is -0.395 e. The molecule has 0 aliphatic carbocycles. The second-order valence-corrected chi connectivity index (χ2v) is 9.26. The Morgan fingerprint density at radius 3 is 2.33 bits per heavy atom. The fraction of sp³-hybridized carbons (Fsp3) is 0.167. The number of nitrogens with zero attached hydrogens (tertiary/aromatic N) is 2. The first-order valence-corrected chi connectivity index (χ1v) is 12.9. The van der Waals surface area contributed by atoms with Gasteiger partial charge in [-0.1, -0.05) is 54.6 Å². The number of H-pyrrole nitrogens is 1. The molecule has 40 heavy (non-hydrogen) atoms. The molecule has 0 fully saturated rings. The van der Waals surface area contributed by atoms with Crippen molar-refractivity contribution < 1.29 is 18.9 Å². The number of nitrogens with one attached hydrogen (secondary N) is 3. The summed E-state index contributed by atoms with van der Waals surface area (Å²) in [7, 11) is 0. The number of nitro groups is 1. The number of amides is 2. The van der Waals surface area contributed by atoms with Crippen molar-refractivity contribution in [3.8, 4) is 11.1 Å². The minimum atomic E-state index is -0.694. The van der Waals surface area contributed by atoms with Crippen LogP contribution >= 0.6 is 0 Å². The third-order valence-electron chi connectivity index (χ3n) is 6.50. The molecule has 0 radical (unpaired) electrons. The normalized spacial score (nSPS) is 11.7. The van der Waals surface area contributed by atoms with Crippen LogP contribution in [0.25, 0.3) is 22.2 Å². The molecule has 0 aliphatic heterocycles. The van der Waals surface area contributed by atoms with E-state index in [1.807, 2.05) is 78.9 Å². The first kappa shape index (κ1) is 26.4. The number of aromatic nitrogens is 2. The van der Waals surface area contributed by atoms with Gasteiger partial charge in [0, 0.05) is 12.1 Å². The summed E-state index contributed by atoms with van der Waals surface area (Å²) < 4.78 is 4.94. The fourth-order valence-corrected chi connectivity index (χ4v) is 4.41. The Bertz CT molecular complexity index is 1590. The van der Waals surface area contributed by atoms with E-state index in [9.17, 15) is 19.7 Å². The van der Waals surface area contributed by atoms with Gasteiger partial charge in [0.2, 0.25) is 0 Å². The van der Waals surface area contributed by atoms with Gasteiger partial charge in [0.05, 0.1) is 23.1 Å². The SMILES string of the molecule is O=C(NC(CCCCNC(=O)c1ccc([N+](=O)[O-])o1)c1nc2ccccc2[nH]1)c1ccc(-c2ccccc2)cc1. The van der Waals surface area contributed by atoms with Gasteiger partial charge in [0.25, 0.3) is 11.8 Å². The van der Waals surface area contributed by atoms with Crippen molar-refractivity contribution in [2.45, 2.75) is 25.3 Å². The summed E-state index contributed by atoms with van der Waals surface area (Å²) in [5.41, 5.74) is 4.33. The molecule has 3 aromatic carbocycles. The van der Waals surface area contributed by atoms with Gasteiger partial charge in [-0.05, 0) is 60.7 Å². The quantitative estimate of drug-likeness (QED) is 0.110. The molecule has 2 aromatic heterocycles. The molecule has 3 N–H and O–H groups in total. The number of fused-ring (bicyclic) bond motifs is 1. The standard InChI is InChI=1S/C30H27N5O5/c36-29(22-15-13-21(14-16-22)20-8-2-1-3-9-20)34-25(28-32-23-10-4-5-11-24(23)33-28)12-6-7-19-31-30(37)26-17-18-27(40-26)35(38)39/h1-5,8-11,13-18,25H,6-7,12,19H2,(H,31,37)(H,32,33)(H,34,36). The van der Waals surface area contributed by atoms with E-state index in [-0.39, 0.29) is 17.7 Å². The average molecular weight is 538 g/mol. The van der Waals surface area contributed by atoms with E-state index in [0.717, 1.165) is 28.2 Å². The number of imidazole rings is 1. The van der Waals surface area contributed by atoms with Crippen LogP contribution in [0.5, 0.6) is 0 Å². The highest BCUT2D eigenvalue weighted by Crippen LogP contribution is 2.23. The number of para-hydroxylation sites is 2. The van der Waals surface area contributed by atoms with Crippen LogP contribution in [0.4, 0.5) is 5.88 Å². The molecule has 0 saturated carbocycles. The molecule has 10 heteroatoms. The van der Waals surface area contributed by atoms with Crippen LogP contribution in [0.15, 0.2) is 95.4 Å². The summed E-state index contributed by atoms with van der Waals surface area (Å²) in [6.07, 6.45) is 1.87. The number of carbonyl (C=O) groups excluding carboxylic acids is 2. The monoisotopic (exact) mass is 537 g/mol. The molecule has 0 saturated heterocycles. The predicted octanol–water partition coefficient (Wildman–Crippen LogP) is 5.80. The van der Waals surface area contributed by atoms with Crippen molar-refractivity contribution in [3.05, 3.63) is 118 Å². The number of benzene rings is 3. The molecule has 0 spiro atoms. The number of rotatable bonds is 11. The van der Waals surface area contributed by atoms with Crippen LogP contribution in [0.2, 0.25) is 0 Å². The number of hydrogen-bond donors (Lipinski definition) is 3. The molecule has 2 amide bonds. The maximum Gasteiger partial charge on any atom is 0.433 e. The number of aromatic amines is 1. The van der Waals surface area contributed by atoms with Crippen LogP contribution in [0, 0.1) is 10.1 Å². The zero-order chi connectivity index (χ0) is 27.9. The molecule has 2 heterocycles. The van der Waals surface area contributed by atoms with Crippen LogP contribution in [0.3, 0.4) is 0 Å². The van der Waals surface area contributed by atoms with Gasteiger partial charge >= 0.3 is 5.88 Å². The highest BCUT2D eigenvalue weighted by molar-refractivity contribution is 5.95. The third-order valence-corrected chi connectivity index (χ3v) is 6.50. The Balaban J connectivity index is 1.22. The highest BCUT2D eigenvalue weighted by atomic mass is 16.6. The van der Waals surface area contributed by atoms with Gasteiger partial charge in [0.1, 0.15) is 10.7 Å². The summed E-state index contributed by atoms with van der Waals surface area (Å²) in [5, 5.41) is 16.6. The number of unbranched alkanes of at least 4 members (excludes halogenated alkanes) is 1. The third kappa shape index (κ3) is 6.24. The summed E-state index contributed by atoms with van der Waals surface area (Å²) in [5.74, 6) is -0.670. The second kappa shape index (κ2) is 12.1. The minimum absolute atomic E-state index is 0.114. The Morgan fingerprint density at radius 1 is 0.875 bits per heavy atom. The van der Waals surface area contributed by atoms with Crippen molar-refractivity contribution >= 4 is 28.7 Å². The zero-order valence-corrected chi connectivity index (χ0v) is 21.5. The first-order valence-electron chi connectivity index (χ1n) is 12.9. The topological polar surface area (TPSA) is 143 Å². The number of carbonyl (C=O) groups is 2. The molecular formula is C30H27N5O5. The lowest BCUT2D eigenvalue weighted by Gasteiger charge is -2.17. The zero-order valence-electron chi connectivity index (χ0n) is 21.5. The average Bonchev–Trinajstić information content (AvgIpc) is 3.65. The summed E-state index contributed by atoms with van der Waals surface area (Å²) in [4.78, 5) is 43.5. The van der Waals surface area contributed by atoms with Gasteiger partial charge in [-0.25, -0.2) is 4.98 Å². The lowest BCUT2D eigenvalue weighted by atomic mass is 10.0. The smallest absolute Gasteiger partial charge is 0.395 e. The molecule has 202 valence electrons. The second-order valence-electron chi connectivity index (χ2n) is 9.26. The van der Waals surface area contributed by atoms with Crippen molar-refractivity contribution in [1.82, 2.24) is 20.6 Å². The fourth-order valence-electron chi connectivity index (χ4n) is 4.41. The molecule has 0 bridgehead atoms. The van der Waals surface area contributed by atoms with E-state index in [4.69, 9.17) is 4.42 Å². The van der Waals surface area contributed by atoms with E-state index in [2.05, 4.69) is 20.6 Å². The molecule has 5 rings (SSSR count). The van der Waals surface area contributed by atoms with Crippen molar-refractivity contribution in [2.75, 3.05) is 6.54 Å². The van der Waals surface area contributed by atoms with Gasteiger partial charge in [-0.2, -0.15) is 0 Å². The molecule has 1 atom stereocenters. The molecule has 10 nitrogen and oxygen atoms in total. The van der Waals surface area contributed by atoms with Crippen LogP contribution < -0.4 is 10.6 Å². The lowest BCUT2D eigenvalue weighted by Crippen LogP contribution is -2.29. The van der Waals surface area contributed by atoms with E-state index < -0.39 is 16.7 Å². The van der Waals surface area contributed by atoms with E-state index >= 15 is 0 Å². The van der Waals surface area contributed by atoms with Crippen molar-refractivity contribution in [3.63, 3.8) is 0 Å². The van der Waals surface area contributed by atoms with Crippen LogP contribution in [0.1, 0.15) is 52.0 Å². The Labute approximate surface area is 229 Å². The van der Waals surface area contributed by atoms with Gasteiger partial charge in [-0.3, -0.25) is 19.7 Å². The molecular weight excluding hydrogens is 510 g/mol. The molecule has 0 aliphatic rings. The van der Waals surface area contributed by atoms with Crippen molar-refractivity contribution in [1.29, 1.82) is 0 Å². The van der Waals surface area contributed by atoms with E-state index in [1.165, 1.54) is 6.07 Å². The summed E-state index contributed by atoms with van der Waals surface area (Å²) >= 11 is 0. The predicted molar refractivity (Wildman–Crippen MR) is 150 cm³/mol. The van der Waals surface area contributed by atoms with Gasteiger partial charge < -0.3 is 20.0 Å². The Kier molecular flexibility index (Phi) is 7.96. The van der Waals surface area contributed by atoms with Gasteiger partial charge in [0.15, 0.2) is 5.76 Å². The molecule has 5 aromatic rings. The maximum atomic E-state index is 13.2. The summed E-state index contributed by atoms with van der Waals surface area (Å²) in [6, 6.07) is 27.1. The van der Waals surface area contributed by atoms with Gasteiger partial charge in [-0.15, -0.1) is 0 Å². The maximum absolute atomic E-state index is 13.2. The Morgan fingerprint density at radius 2 is 1.60 bits per heavy atom. The highest BCUT2D eigenvalue weighted by Gasteiger charge is 2.20. The number of hydrogen-bond acceptors (Lipinski definition) is 6. The largest absolute Gasteiger partial charge is 0.433 e.